The predicted octanol–water partition coefficient (Wildman–Crippen LogP) is 0.246. The van der Waals surface area contributed by atoms with Gasteiger partial charge in [-0.05, 0) is 12.2 Å². The molecule has 2 N–H and O–H groups in total. The summed E-state index contributed by atoms with van der Waals surface area (Å²) < 4.78 is 4.48. The molecule has 2 nitrogen and oxygen atoms in total. The third-order valence-corrected chi connectivity index (χ3v) is 1.09. The van der Waals surface area contributed by atoms with Crippen molar-refractivity contribution in [2.75, 3.05) is 7.11 Å². The summed E-state index contributed by atoms with van der Waals surface area (Å²) in [5.41, 5.74) is 5.01. The van der Waals surface area contributed by atoms with Gasteiger partial charge in [-0.15, -0.1) is 0 Å². The Morgan fingerprint density at radius 2 is 2.00 bits per heavy atom. The van der Waals surface area contributed by atoms with E-state index in [9.17, 15) is 0 Å². The van der Waals surface area contributed by atoms with E-state index in [-0.39, 0.29) is 10.0 Å². The average molecular weight is 135 g/mol. The van der Waals surface area contributed by atoms with Crippen LogP contribution < -0.4 is 5.73 Å². The maximum atomic E-state index is 5.01. The summed E-state index contributed by atoms with van der Waals surface area (Å²) >= 11 is 8.92. The highest BCUT2D eigenvalue weighted by Gasteiger charge is 1.93. The zero-order chi connectivity index (χ0) is 5.86. The summed E-state index contributed by atoms with van der Waals surface area (Å²) in [6.07, 6.45) is 0. The minimum absolute atomic E-state index is 0.137. The molecule has 0 bridgehead atoms. The van der Waals surface area contributed by atoms with Crippen LogP contribution in [0.25, 0.3) is 0 Å². The van der Waals surface area contributed by atoms with Crippen molar-refractivity contribution in [1.82, 2.24) is 0 Å². The van der Waals surface area contributed by atoms with Crippen LogP contribution in [-0.4, -0.2) is 17.1 Å². The van der Waals surface area contributed by atoms with Gasteiger partial charge < -0.3 is 10.5 Å². The second-order valence-electron chi connectivity index (χ2n) is 0.856. The molecule has 0 spiro atoms. The quantitative estimate of drug-likeness (QED) is 0.483. The van der Waals surface area contributed by atoms with Gasteiger partial charge in [-0.2, -0.15) is 0 Å². The van der Waals surface area contributed by atoms with Crippen molar-refractivity contribution >= 4 is 34.5 Å². The first-order chi connectivity index (χ1) is 3.18. The van der Waals surface area contributed by atoms with E-state index < -0.39 is 0 Å². The zero-order valence-corrected chi connectivity index (χ0v) is 5.44. The molecule has 0 aliphatic carbocycles. The van der Waals surface area contributed by atoms with Gasteiger partial charge in [-0.25, -0.2) is 0 Å². The van der Waals surface area contributed by atoms with E-state index in [0.717, 1.165) is 0 Å². The minimum Gasteiger partial charge on any atom is -0.485 e. The lowest BCUT2D eigenvalue weighted by Crippen LogP contribution is -2.19. The van der Waals surface area contributed by atoms with Crippen molar-refractivity contribution in [3.63, 3.8) is 0 Å². The lowest BCUT2D eigenvalue weighted by atomic mass is 10.7. The highest BCUT2D eigenvalue weighted by Crippen LogP contribution is 1.76. The predicted molar refractivity (Wildman–Crippen MR) is 36.4 cm³/mol. The molecule has 0 rings (SSSR count). The van der Waals surface area contributed by atoms with Gasteiger partial charge in [0.05, 0.1) is 7.11 Å². The molecule has 0 saturated carbocycles. The van der Waals surface area contributed by atoms with Crippen LogP contribution in [0.3, 0.4) is 0 Å². The molecule has 0 atom stereocenters. The molecule has 0 aromatic heterocycles. The lowest BCUT2D eigenvalue weighted by Gasteiger charge is -1.94. The standard InChI is InChI=1S/C3H5NOS2/c1-5-3(7)2(4)6/h1H3,(H2,4,6). The maximum Gasteiger partial charge on any atom is 0.218 e. The van der Waals surface area contributed by atoms with Crippen molar-refractivity contribution < 1.29 is 4.74 Å². The molecule has 0 aliphatic rings. The van der Waals surface area contributed by atoms with Crippen LogP contribution >= 0.6 is 24.4 Å². The first kappa shape index (κ1) is 6.78. The van der Waals surface area contributed by atoms with Crippen molar-refractivity contribution in [1.29, 1.82) is 0 Å². The summed E-state index contributed by atoms with van der Waals surface area (Å²) in [5.74, 6) is 0. The Morgan fingerprint density at radius 1 is 1.57 bits per heavy atom. The first-order valence-electron chi connectivity index (χ1n) is 1.56. The van der Waals surface area contributed by atoms with E-state index in [1.807, 2.05) is 0 Å². The van der Waals surface area contributed by atoms with Crippen LogP contribution in [0.4, 0.5) is 0 Å². The highest BCUT2D eigenvalue weighted by atomic mass is 32.1. The minimum atomic E-state index is 0.137. The van der Waals surface area contributed by atoms with Gasteiger partial charge in [-0.1, -0.05) is 12.2 Å². The second kappa shape index (κ2) is 2.87. The zero-order valence-electron chi connectivity index (χ0n) is 3.80. The van der Waals surface area contributed by atoms with Gasteiger partial charge in [0.2, 0.25) is 5.05 Å². The molecule has 40 valence electrons. The molecule has 0 radical (unpaired) electrons. The van der Waals surface area contributed by atoms with Gasteiger partial charge in [0, 0.05) is 0 Å². The molecule has 4 heteroatoms. The van der Waals surface area contributed by atoms with Crippen LogP contribution in [0.2, 0.25) is 0 Å². The van der Waals surface area contributed by atoms with Gasteiger partial charge >= 0.3 is 0 Å². The number of methoxy groups -OCH3 is 1. The Morgan fingerprint density at radius 3 is 2.00 bits per heavy atom. The average Bonchev–Trinajstić information content (AvgIpc) is 1.65. The SMILES string of the molecule is COC(=S)C(N)=S. The highest BCUT2D eigenvalue weighted by molar-refractivity contribution is 7.89. The van der Waals surface area contributed by atoms with E-state index in [1.165, 1.54) is 7.11 Å². The van der Waals surface area contributed by atoms with Gasteiger partial charge in [-0.3, -0.25) is 0 Å². The Kier molecular flexibility index (Phi) is 2.78. The smallest absolute Gasteiger partial charge is 0.218 e. The lowest BCUT2D eigenvalue weighted by molar-refractivity contribution is 0.422. The Labute approximate surface area is 52.6 Å². The summed E-state index contributed by atoms with van der Waals surface area (Å²) in [6.45, 7) is 0. The number of nitrogens with two attached hydrogens (primary N) is 1. The fourth-order valence-electron chi connectivity index (χ4n) is 0.101. The number of ether oxygens (including phenoxy) is 1. The van der Waals surface area contributed by atoms with Gasteiger partial charge in [0.25, 0.3) is 0 Å². The fraction of sp³-hybridized carbons (Fsp3) is 0.333. The Hall–Kier alpha value is -0.220. The molecular weight excluding hydrogens is 130 g/mol. The summed E-state index contributed by atoms with van der Waals surface area (Å²) in [5, 5.41) is 0.190. The number of hydrogen-bond donors (Lipinski definition) is 1. The largest absolute Gasteiger partial charge is 0.485 e. The molecular formula is C3H5NOS2. The summed E-state index contributed by atoms with van der Waals surface area (Å²) in [4.78, 5) is 0.137. The number of hydrogen-bond acceptors (Lipinski definition) is 3. The van der Waals surface area contributed by atoms with Crippen molar-refractivity contribution in [2.45, 2.75) is 0 Å². The maximum absolute atomic E-state index is 5.01. The molecule has 0 fully saturated rings. The Balaban J connectivity index is 3.58. The number of rotatable bonds is 0. The van der Waals surface area contributed by atoms with Crippen LogP contribution in [0.15, 0.2) is 0 Å². The van der Waals surface area contributed by atoms with Crippen molar-refractivity contribution in [3.05, 3.63) is 0 Å². The second-order valence-corrected chi connectivity index (χ2v) is 1.67. The van der Waals surface area contributed by atoms with Crippen molar-refractivity contribution in [2.24, 2.45) is 5.73 Å². The molecule has 7 heavy (non-hydrogen) atoms. The molecule has 0 aliphatic heterocycles. The third kappa shape index (κ3) is 2.47. The van der Waals surface area contributed by atoms with E-state index in [4.69, 9.17) is 5.73 Å². The molecule has 0 heterocycles. The van der Waals surface area contributed by atoms with E-state index >= 15 is 0 Å². The molecule has 0 aromatic rings. The normalized spacial score (nSPS) is 7.57. The van der Waals surface area contributed by atoms with E-state index in [0.29, 0.717) is 0 Å². The van der Waals surface area contributed by atoms with Crippen LogP contribution in [0.5, 0.6) is 0 Å². The monoisotopic (exact) mass is 135 g/mol. The Bertz CT molecular complexity index is 101. The topological polar surface area (TPSA) is 35.2 Å². The third-order valence-electron chi connectivity index (χ3n) is 0.387. The van der Waals surface area contributed by atoms with Crippen LogP contribution in [0.1, 0.15) is 0 Å². The summed E-state index contributed by atoms with van der Waals surface area (Å²) in [6, 6.07) is 0. The van der Waals surface area contributed by atoms with Crippen LogP contribution in [-0.2, 0) is 4.74 Å². The molecule has 0 amide bonds. The fourth-order valence-corrected chi connectivity index (χ4v) is 0.184. The van der Waals surface area contributed by atoms with Crippen molar-refractivity contribution in [3.8, 4) is 0 Å². The molecule has 0 unspecified atom stereocenters. The van der Waals surface area contributed by atoms with Gasteiger partial charge in [0.15, 0.2) is 4.99 Å². The van der Waals surface area contributed by atoms with E-state index in [1.54, 1.807) is 0 Å². The molecule has 0 aromatic carbocycles. The molecule has 0 saturated heterocycles. The van der Waals surface area contributed by atoms with Crippen LogP contribution in [0, 0.1) is 0 Å². The van der Waals surface area contributed by atoms with Gasteiger partial charge in [0.1, 0.15) is 0 Å². The number of thiocarbonyl (C=S) groups is 2. The summed E-state index contributed by atoms with van der Waals surface area (Å²) in [7, 11) is 1.43. The first-order valence-corrected chi connectivity index (χ1v) is 2.38. The van der Waals surface area contributed by atoms with E-state index in [2.05, 4.69) is 29.2 Å².